The van der Waals surface area contributed by atoms with Crippen LogP contribution in [0.4, 0.5) is 5.69 Å². The highest BCUT2D eigenvalue weighted by Gasteiger charge is 2.19. The zero-order valence-electron chi connectivity index (χ0n) is 9.04. The van der Waals surface area contributed by atoms with Gasteiger partial charge in [0.05, 0.1) is 4.92 Å². The molecule has 0 radical (unpaired) electrons. The zero-order chi connectivity index (χ0) is 12.4. The summed E-state index contributed by atoms with van der Waals surface area (Å²) in [5.41, 5.74) is -0.209. The summed E-state index contributed by atoms with van der Waals surface area (Å²) >= 11 is 0. The summed E-state index contributed by atoms with van der Waals surface area (Å²) in [4.78, 5) is 21.3. The standard InChI is InChI=1S/C12H9NO4/c1-8(14)17-12-10-5-3-2-4-9(10)6-7-11(12)13(15)16/h2-7H,1H3. The van der Waals surface area contributed by atoms with E-state index in [9.17, 15) is 14.9 Å². The van der Waals surface area contributed by atoms with Gasteiger partial charge in [0, 0.05) is 18.4 Å². The fourth-order valence-corrected chi connectivity index (χ4v) is 1.63. The van der Waals surface area contributed by atoms with Gasteiger partial charge < -0.3 is 4.74 Å². The van der Waals surface area contributed by atoms with Crippen molar-refractivity contribution in [1.82, 2.24) is 0 Å². The summed E-state index contributed by atoms with van der Waals surface area (Å²) in [7, 11) is 0. The summed E-state index contributed by atoms with van der Waals surface area (Å²) in [5.74, 6) is -0.579. The molecule has 0 heterocycles. The summed E-state index contributed by atoms with van der Waals surface area (Å²) in [6.45, 7) is 1.21. The lowest BCUT2D eigenvalue weighted by molar-refractivity contribution is -0.385. The van der Waals surface area contributed by atoms with Crippen LogP contribution in [0.5, 0.6) is 5.75 Å². The van der Waals surface area contributed by atoms with E-state index in [-0.39, 0.29) is 11.4 Å². The number of fused-ring (bicyclic) bond motifs is 1. The van der Waals surface area contributed by atoms with E-state index in [1.807, 2.05) is 6.07 Å². The highest BCUT2D eigenvalue weighted by atomic mass is 16.6. The Kier molecular flexibility index (Phi) is 2.74. The van der Waals surface area contributed by atoms with Crippen molar-refractivity contribution >= 4 is 22.4 Å². The van der Waals surface area contributed by atoms with Gasteiger partial charge in [-0.1, -0.05) is 24.3 Å². The molecule has 0 saturated heterocycles. The van der Waals surface area contributed by atoms with Crippen molar-refractivity contribution in [3.8, 4) is 5.75 Å². The first-order chi connectivity index (χ1) is 8.09. The first-order valence-electron chi connectivity index (χ1n) is 4.94. The highest BCUT2D eigenvalue weighted by molar-refractivity contribution is 5.93. The van der Waals surface area contributed by atoms with Crippen molar-refractivity contribution in [2.45, 2.75) is 6.92 Å². The molecule has 0 spiro atoms. The Balaban J connectivity index is 2.74. The Morgan fingerprint density at radius 1 is 1.24 bits per heavy atom. The normalized spacial score (nSPS) is 10.2. The molecule has 0 atom stereocenters. The third-order valence-corrected chi connectivity index (χ3v) is 2.30. The minimum atomic E-state index is -0.579. The molecule has 17 heavy (non-hydrogen) atoms. The van der Waals surface area contributed by atoms with Crippen LogP contribution in [0.3, 0.4) is 0 Å². The van der Waals surface area contributed by atoms with Crippen LogP contribution in [-0.2, 0) is 4.79 Å². The van der Waals surface area contributed by atoms with E-state index in [1.54, 1.807) is 24.3 Å². The number of ether oxygens (including phenoxy) is 1. The lowest BCUT2D eigenvalue weighted by Gasteiger charge is -2.06. The molecule has 0 aliphatic heterocycles. The number of nitrogens with zero attached hydrogens (tertiary/aromatic N) is 1. The third kappa shape index (κ3) is 2.08. The van der Waals surface area contributed by atoms with Crippen LogP contribution in [-0.4, -0.2) is 10.9 Å². The lowest BCUT2D eigenvalue weighted by Crippen LogP contribution is -2.04. The monoisotopic (exact) mass is 231 g/mol. The van der Waals surface area contributed by atoms with Gasteiger partial charge in [0.1, 0.15) is 0 Å². The second-order valence-electron chi connectivity index (χ2n) is 3.49. The van der Waals surface area contributed by atoms with E-state index in [0.717, 1.165) is 5.39 Å². The first kappa shape index (κ1) is 11.1. The van der Waals surface area contributed by atoms with Crippen molar-refractivity contribution in [1.29, 1.82) is 0 Å². The van der Waals surface area contributed by atoms with E-state index in [1.165, 1.54) is 13.0 Å². The molecule has 0 amide bonds. The van der Waals surface area contributed by atoms with Gasteiger partial charge in [0.25, 0.3) is 0 Å². The number of carbonyl (C=O) groups is 1. The molecule has 2 aromatic carbocycles. The Labute approximate surface area is 96.8 Å². The van der Waals surface area contributed by atoms with Gasteiger partial charge in [-0.25, -0.2) is 0 Å². The zero-order valence-corrected chi connectivity index (χ0v) is 9.04. The number of hydrogen-bond donors (Lipinski definition) is 0. The predicted octanol–water partition coefficient (Wildman–Crippen LogP) is 2.67. The van der Waals surface area contributed by atoms with Crippen molar-refractivity contribution in [3.63, 3.8) is 0 Å². The maximum atomic E-state index is 11.0. The number of carbonyl (C=O) groups excluding carboxylic acids is 1. The maximum Gasteiger partial charge on any atom is 0.312 e. The lowest BCUT2D eigenvalue weighted by atomic mass is 10.1. The van der Waals surface area contributed by atoms with Gasteiger partial charge in [-0.05, 0) is 11.5 Å². The van der Waals surface area contributed by atoms with Crippen molar-refractivity contribution < 1.29 is 14.5 Å². The second-order valence-corrected chi connectivity index (χ2v) is 3.49. The van der Waals surface area contributed by atoms with Crippen molar-refractivity contribution in [2.24, 2.45) is 0 Å². The smallest absolute Gasteiger partial charge is 0.312 e. The quantitative estimate of drug-likeness (QED) is 0.345. The number of nitro groups is 1. The summed E-state index contributed by atoms with van der Waals surface area (Å²) in [6, 6.07) is 9.98. The number of nitro benzene ring substituents is 1. The largest absolute Gasteiger partial charge is 0.419 e. The molecule has 5 heteroatoms. The molecule has 0 aliphatic rings. The van der Waals surface area contributed by atoms with E-state index in [4.69, 9.17) is 4.74 Å². The average Bonchev–Trinajstić information content (AvgIpc) is 2.28. The van der Waals surface area contributed by atoms with E-state index in [0.29, 0.717) is 5.39 Å². The van der Waals surface area contributed by atoms with Crippen LogP contribution in [0, 0.1) is 10.1 Å². The van der Waals surface area contributed by atoms with Gasteiger partial charge >= 0.3 is 11.7 Å². The van der Waals surface area contributed by atoms with Gasteiger partial charge in [0.15, 0.2) is 0 Å². The van der Waals surface area contributed by atoms with Crippen LogP contribution < -0.4 is 4.74 Å². The molecule has 0 bridgehead atoms. The third-order valence-electron chi connectivity index (χ3n) is 2.30. The van der Waals surface area contributed by atoms with Gasteiger partial charge in [-0.3, -0.25) is 14.9 Å². The molecule has 0 saturated carbocycles. The highest BCUT2D eigenvalue weighted by Crippen LogP contribution is 2.35. The fourth-order valence-electron chi connectivity index (χ4n) is 1.63. The van der Waals surface area contributed by atoms with E-state index >= 15 is 0 Å². The molecule has 2 aromatic rings. The summed E-state index contributed by atoms with van der Waals surface area (Å²) < 4.78 is 4.94. The van der Waals surface area contributed by atoms with Crippen molar-refractivity contribution in [3.05, 3.63) is 46.5 Å². The van der Waals surface area contributed by atoms with Gasteiger partial charge in [-0.2, -0.15) is 0 Å². The minimum absolute atomic E-state index is 0.000556. The number of rotatable bonds is 2. The average molecular weight is 231 g/mol. The van der Waals surface area contributed by atoms with Crippen LogP contribution in [0.15, 0.2) is 36.4 Å². The molecule has 2 rings (SSSR count). The van der Waals surface area contributed by atoms with Gasteiger partial charge in [-0.15, -0.1) is 0 Å². The van der Waals surface area contributed by atoms with Crippen molar-refractivity contribution in [2.75, 3.05) is 0 Å². The Bertz CT molecular complexity index is 606. The number of hydrogen-bond acceptors (Lipinski definition) is 4. The molecule has 0 N–H and O–H groups in total. The van der Waals surface area contributed by atoms with Crippen LogP contribution in [0.25, 0.3) is 10.8 Å². The first-order valence-corrected chi connectivity index (χ1v) is 4.94. The van der Waals surface area contributed by atoms with E-state index < -0.39 is 10.9 Å². The molecule has 0 aliphatic carbocycles. The van der Waals surface area contributed by atoms with Crippen LogP contribution in [0.2, 0.25) is 0 Å². The Morgan fingerprint density at radius 2 is 1.94 bits per heavy atom. The number of benzene rings is 2. The SMILES string of the molecule is CC(=O)Oc1c([N+](=O)[O-])ccc2ccccc12. The minimum Gasteiger partial charge on any atom is -0.419 e. The summed E-state index contributed by atoms with van der Waals surface area (Å²) in [5, 5.41) is 12.2. The van der Waals surface area contributed by atoms with Crippen LogP contribution in [0.1, 0.15) is 6.92 Å². The number of esters is 1. The molecule has 86 valence electrons. The second kappa shape index (κ2) is 4.21. The summed E-state index contributed by atoms with van der Waals surface area (Å²) in [6.07, 6.45) is 0. The molecule has 0 aromatic heterocycles. The molecular formula is C12H9NO4. The molecular weight excluding hydrogens is 222 g/mol. The van der Waals surface area contributed by atoms with E-state index in [2.05, 4.69) is 0 Å². The molecule has 0 fully saturated rings. The fraction of sp³-hybridized carbons (Fsp3) is 0.0833. The maximum absolute atomic E-state index is 11.0. The molecule has 0 unspecified atom stereocenters. The predicted molar refractivity (Wildman–Crippen MR) is 61.9 cm³/mol. The van der Waals surface area contributed by atoms with Gasteiger partial charge in [0.2, 0.25) is 5.75 Å². The van der Waals surface area contributed by atoms with Crippen LogP contribution >= 0.6 is 0 Å². The Hall–Kier alpha value is -2.43. The molecule has 5 nitrogen and oxygen atoms in total. The Morgan fingerprint density at radius 3 is 2.59 bits per heavy atom. The topological polar surface area (TPSA) is 69.4 Å².